The number of fused-ring (bicyclic) bond motifs is 5. The number of nitrogens with zero attached hydrogens (tertiary/aromatic N) is 3. The summed E-state index contributed by atoms with van der Waals surface area (Å²) in [6.07, 6.45) is 0. The molecule has 47 heavy (non-hydrogen) atoms. The van der Waals surface area contributed by atoms with Gasteiger partial charge in [-0.1, -0.05) is 84.9 Å². The molecule has 4 aromatic heterocycles. The van der Waals surface area contributed by atoms with Gasteiger partial charge < -0.3 is 8.83 Å². The Hall–Kier alpha value is -6.46. The molecule has 7 aromatic carbocycles. The van der Waals surface area contributed by atoms with Gasteiger partial charge in [0.25, 0.3) is 0 Å². The van der Waals surface area contributed by atoms with Crippen LogP contribution in [0, 0.1) is 0 Å². The molecule has 0 aliphatic heterocycles. The van der Waals surface area contributed by atoms with Crippen molar-refractivity contribution in [3.63, 3.8) is 0 Å². The molecule has 0 bridgehead atoms. The van der Waals surface area contributed by atoms with Crippen molar-refractivity contribution in [2.45, 2.75) is 0 Å². The predicted molar refractivity (Wildman–Crippen MR) is 190 cm³/mol. The van der Waals surface area contributed by atoms with Crippen LogP contribution in [0.25, 0.3) is 116 Å². The standard InChI is InChI=1S/C42H21N3O2/c1-3-15-29-27(10-1)40(28-14-6-13-26-23-9-2-4-17-32(23)47-41(26)28)44-42(43-29)45-30-16-7-12-25-24-11-5-8-22-18-20-33-38(35(22)24)39-34(46-33)21-19-31(45)37(39)36(25)30/h1-21H. The lowest BCUT2D eigenvalue weighted by Gasteiger charge is -2.13. The Morgan fingerprint density at radius 3 is 2.06 bits per heavy atom. The summed E-state index contributed by atoms with van der Waals surface area (Å²) in [7, 11) is 0. The normalized spacial score (nSPS) is 12.7. The number of aromatic nitrogens is 3. The Balaban J connectivity index is 1.25. The fourth-order valence-electron chi connectivity index (χ4n) is 8.24. The molecule has 0 fully saturated rings. The van der Waals surface area contributed by atoms with Gasteiger partial charge in [-0.2, -0.15) is 0 Å². The van der Waals surface area contributed by atoms with Crippen LogP contribution in [0.3, 0.4) is 0 Å². The Bertz CT molecular complexity index is 3200. The lowest BCUT2D eigenvalue weighted by molar-refractivity contribution is 0.669. The van der Waals surface area contributed by atoms with Crippen LogP contribution in [0.5, 0.6) is 0 Å². The number of benzene rings is 7. The maximum Gasteiger partial charge on any atom is 0.235 e. The first-order valence-corrected chi connectivity index (χ1v) is 15.8. The molecule has 1 aliphatic carbocycles. The topological polar surface area (TPSA) is 57.0 Å². The third-order valence-corrected chi connectivity index (χ3v) is 10.1. The number of para-hydroxylation sites is 3. The largest absolute Gasteiger partial charge is 0.456 e. The first-order chi connectivity index (χ1) is 23.3. The number of furan rings is 2. The predicted octanol–water partition coefficient (Wildman–Crippen LogP) is 11.3. The summed E-state index contributed by atoms with van der Waals surface area (Å²) < 4.78 is 15.2. The molecular formula is C42H21N3O2. The number of rotatable bonds is 2. The second-order valence-electron chi connectivity index (χ2n) is 12.5. The SMILES string of the molecule is c1cc2c3c(c1)ccc1oc4ccc5c(c6c-2cccc6n5-c2nc(-c5cccc6c5oc5ccccc56)c5ccccc5n2)c4c13. The van der Waals surface area contributed by atoms with Crippen molar-refractivity contribution in [2.75, 3.05) is 0 Å². The highest BCUT2D eigenvalue weighted by atomic mass is 16.3. The molecule has 0 N–H and O–H groups in total. The van der Waals surface area contributed by atoms with Crippen molar-refractivity contribution >= 4 is 87.4 Å². The van der Waals surface area contributed by atoms with Gasteiger partial charge in [-0.05, 0) is 59.0 Å². The summed E-state index contributed by atoms with van der Waals surface area (Å²) >= 11 is 0. The van der Waals surface area contributed by atoms with Crippen LogP contribution >= 0.6 is 0 Å². The fourth-order valence-corrected chi connectivity index (χ4v) is 8.24. The maximum absolute atomic E-state index is 6.51. The van der Waals surface area contributed by atoms with Gasteiger partial charge in [0.1, 0.15) is 22.3 Å². The van der Waals surface area contributed by atoms with E-state index in [0.29, 0.717) is 5.95 Å². The van der Waals surface area contributed by atoms with E-state index in [2.05, 4.69) is 108 Å². The third kappa shape index (κ3) is 2.86. The maximum atomic E-state index is 6.51. The van der Waals surface area contributed by atoms with E-state index < -0.39 is 0 Å². The minimum absolute atomic E-state index is 0.620. The summed E-state index contributed by atoms with van der Waals surface area (Å²) in [6.45, 7) is 0. The second kappa shape index (κ2) is 8.22. The molecule has 0 amide bonds. The van der Waals surface area contributed by atoms with Crippen LogP contribution in [-0.2, 0) is 0 Å². The number of hydrogen-bond acceptors (Lipinski definition) is 4. The molecule has 0 unspecified atom stereocenters. The van der Waals surface area contributed by atoms with Gasteiger partial charge in [0.15, 0.2) is 0 Å². The zero-order valence-electron chi connectivity index (χ0n) is 24.8. The molecule has 5 nitrogen and oxygen atoms in total. The molecule has 0 spiro atoms. The van der Waals surface area contributed by atoms with E-state index >= 15 is 0 Å². The summed E-state index contributed by atoms with van der Waals surface area (Å²) in [5, 5.41) is 10.3. The van der Waals surface area contributed by atoms with E-state index in [4.69, 9.17) is 18.8 Å². The van der Waals surface area contributed by atoms with Gasteiger partial charge in [-0.25, -0.2) is 9.97 Å². The minimum atomic E-state index is 0.620. The monoisotopic (exact) mass is 599 g/mol. The molecule has 5 heteroatoms. The van der Waals surface area contributed by atoms with Crippen molar-refractivity contribution in [1.82, 2.24) is 14.5 Å². The average molecular weight is 600 g/mol. The van der Waals surface area contributed by atoms with E-state index in [1.165, 1.54) is 38.1 Å². The van der Waals surface area contributed by atoms with Crippen LogP contribution < -0.4 is 0 Å². The quantitative estimate of drug-likeness (QED) is 0.198. The van der Waals surface area contributed by atoms with Crippen molar-refractivity contribution in [3.8, 4) is 28.3 Å². The smallest absolute Gasteiger partial charge is 0.235 e. The Kier molecular flexibility index (Phi) is 4.17. The van der Waals surface area contributed by atoms with E-state index in [1.54, 1.807) is 0 Å². The van der Waals surface area contributed by atoms with Crippen LogP contribution in [0.4, 0.5) is 0 Å². The Morgan fingerprint density at radius 2 is 1.13 bits per heavy atom. The van der Waals surface area contributed by atoms with Crippen LogP contribution in [0.2, 0.25) is 0 Å². The highest BCUT2D eigenvalue weighted by Crippen LogP contribution is 2.50. The van der Waals surface area contributed by atoms with E-state index in [-0.39, 0.29) is 0 Å². The molecule has 0 radical (unpaired) electrons. The zero-order valence-corrected chi connectivity index (χ0v) is 24.8. The molecule has 0 saturated carbocycles. The molecule has 0 atom stereocenters. The molecule has 12 rings (SSSR count). The lowest BCUT2D eigenvalue weighted by Crippen LogP contribution is -2.03. The van der Waals surface area contributed by atoms with Gasteiger partial charge in [-0.3, -0.25) is 4.57 Å². The van der Waals surface area contributed by atoms with Crippen molar-refractivity contribution in [3.05, 3.63) is 127 Å². The van der Waals surface area contributed by atoms with Gasteiger partial charge in [0, 0.05) is 48.7 Å². The third-order valence-electron chi connectivity index (χ3n) is 10.1. The molecule has 11 aromatic rings. The van der Waals surface area contributed by atoms with Gasteiger partial charge in [0.05, 0.1) is 22.2 Å². The number of hydrogen-bond donors (Lipinski definition) is 0. The summed E-state index contributed by atoms with van der Waals surface area (Å²) in [5.41, 5.74) is 10.7. The molecular weight excluding hydrogens is 578 g/mol. The van der Waals surface area contributed by atoms with Gasteiger partial charge >= 0.3 is 0 Å². The van der Waals surface area contributed by atoms with E-state index in [1.807, 2.05) is 24.3 Å². The van der Waals surface area contributed by atoms with Crippen molar-refractivity contribution in [1.29, 1.82) is 0 Å². The lowest BCUT2D eigenvalue weighted by atomic mass is 9.95. The summed E-state index contributed by atoms with van der Waals surface area (Å²) in [5.74, 6) is 0.620. The molecule has 216 valence electrons. The zero-order chi connectivity index (χ0) is 30.4. The Morgan fingerprint density at radius 1 is 0.426 bits per heavy atom. The molecule has 4 heterocycles. The highest BCUT2D eigenvalue weighted by Gasteiger charge is 2.27. The van der Waals surface area contributed by atoms with E-state index in [0.717, 1.165) is 71.7 Å². The van der Waals surface area contributed by atoms with Gasteiger partial charge in [-0.15, -0.1) is 0 Å². The average Bonchev–Trinajstić information content (AvgIpc) is 3.77. The van der Waals surface area contributed by atoms with Gasteiger partial charge in [0.2, 0.25) is 5.95 Å². The van der Waals surface area contributed by atoms with Crippen LogP contribution in [0.1, 0.15) is 0 Å². The summed E-state index contributed by atoms with van der Waals surface area (Å²) in [6, 6.07) is 44.5. The first-order valence-electron chi connectivity index (χ1n) is 15.8. The van der Waals surface area contributed by atoms with E-state index in [9.17, 15) is 0 Å². The molecule has 1 aliphatic rings. The second-order valence-corrected chi connectivity index (χ2v) is 12.5. The van der Waals surface area contributed by atoms with Crippen LogP contribution in [0.15, 0.2) is 136 Å². The highest BCUT2D eigenvalue weighted by molar-refractivity contribution is 6.37. The first kappa shape index (κ1) is 23.9. The van der Waals surface area contributed by atoms with Crippen molar-refractivity contribution < 1.29 is 8.83 Å². The van der Waals surface area contributed by atoms with Crippen molar-refractivity contribution in [2.24, 2.45) is 0 Å². The van der Waals surface area contributed by atoms with Crippen LogP contribution in [-0.4, -0.2) is 14.5 Å². The Labute approximate surface area is 265 Å². The fraction of sp³-hybridized carbons (Fsp3) is 0. The molecule has 0 saturated heterocycles. The summed E-state index contributed by atoms with van der Waals surface area (Å²) in [4.78, 5) is 10.7. The minimum Gasteiger partial charge on any atom is -0.456 e.